The van der Waals surface area contributed by atoms with Gasteiger partial charge in [-0.05, 0) is 37.0 Å². The summed E-state index contributed by atoms with van der Waals surface area (Å²) in [5.74, 6) is 0.573. The molecule has 0 aliphatic heterocycles. The molecular weight excluding hydrogens is 722 g/mol. The molecule has 0 nitrogen and oxygen atoms in total. The third kappa shape index (κ3) is 9.72. The fourth-order valence-corrected chi connectivity index (χ4v) is 6.49. The molecule has 0 fully saturated rings. The van der Waals surface area contributed by atoms with E-state index in [-0.39, 0.29) is 11.1 Å². The third-order valence-corrected chi connectivity index (χ3v) is 10.5. The van der Waals surface area contributed by atoms with E-state index in [0.29, 0.717) is 14.5 Å². The van der Waals surface area contributed by atoms with E-state index in [4.69, 9.17) is 0 Å². The van der Waals surface area contributed by atoms with Crippen LogP contribution in [0.25, 0.3) is 11.1 Å². The Bertz CT molecular complexity index is 1820. The fourth-order valence-electron chi connectivity index (χ4n) is 5.73. The van der Waals surface area contributed by atoms with E-state index in [1.165, 1.54) is 80.8 Å². The molecule has 1 atom stereocenters. The number of allylic oxidation sites excluding steroid dienone is 4. The van der Waals surface area contributed by atoms with Crippen molar-refractivity contribution in [2.45, 2.75) is 80.6 Å². The molecule has 0 amide bonds. The van der Waals surface area contributed by atoms with Crippen molar-refractivity contribution in [2.75, 3.05) is 0 Å². The Morgan fingerprint density at radius 1 is 0.740 bits per heavy atom. The second-order valence-electron chi connectivity index (χ2n) is 14.0. The SMILES string of the molecule is CCC1[C-]=CC(C(C)(C)C)=C1.Cc1[c-]c2c(cc1C)-c1cc(C)c(C)cc1C2.FC(F)(F)c1cccc([C](=[Zr+2])c2cccc(C(F)(F)F)c2)c1. The molecule has 0 bridgehead atoms. The molecular formula is C43H42F6Zr. The van der Waals surface area contributed by atoms with E-state index < -0.39 is 23.5 Å². The zero-order valence-electron chi connectivity index (χ0n) is 29.8. The molecule has 6 rings (SSSR count). The van der Waals surface area contributed by atoms with Crippen LogP contribution in [0, 0.1) is 51.2 Å². The average molecular weight is 764 g/mol. The van der Waals surface area contributed by atoms with Gasteiger partial charge in [0.15, 0.2) is 0 Å². The quantitative estimate of drug-likeness (QED) is 0.127. The Morgan fingerprint density at radius 3 is 1.72 bits per heavy atom. The summed E-state index contributed by atoms with van der Waals surface area (Å²) in [7, 11) is 0. The van der Waals surface area contributed by atoms with Crippen molar-refractivity contribution in [1.82, 2.24) is 0 Å². The van der Waals surface area contributed by atoms with Crippen LogP contribution in [0.2, 0.25) is 0 Å². The Hall–Kier alpha value is -3.31. The van der Waals surface area contributed by atoms with Crippen LogP contribution in [-0.4, -0.2) is 3.21 Å². The minimum atomic E-state index is -4.49. The first-order valence-corrected chi connectivity index (χ1v) is 17.8. The van der Waals surface area contributed by atoms with Gasteiger partial charge in [0.1, 0.15) is 0 Å². The first-order valence-electron chi connectivity index (χ1n) is 16.6. The Balaban J connectivity index is 0.000000178. The third-order valence-electron chi connectivity index (χ3n) is 9.09. The van der Waals surface area contributed by atoms with Crippen LogP contribution in [0.1, 0.15) is 89.8 Å². The van der Waals surface area contributed by atoms with Crippen LogP contribution in [0.4, 0.5) is 26.3 Å². The van der Waals surface area contributed by atoms with Crippen LogP contribution in [0.15, 0.2) is 84.5 Å². The standard InChI is InChI=1S/C17H17.C15H8F6.C11H17.Zr/c1-10-5-14-9-15-6-11(2)13(4)8-17(15)16(14)7-12(10)3;16-14(17,18)12-5-1-3-10(8-12)7-11-4-2-6-13(9-11)15(19,20)21;1-5-9-6-7-10(8-9)11(2,3)4;/h5,7-8H,9H2,1-4H3;1-6,8-9H;7-9H,5H2,1-4H3;/q-1;;-1;+2. The fraction of sp³-hybridized carbons (Fsp3) is 0.326. The molecule has 7 heteroatoms. The van der Waals surface area contributed by atoms with E-state index in [1.54, 1.807) is 0 Å². The molecule has 0 spiro atoms. The zero-order valence-corrected chi connectivity index (χ0v) is 32.2. The van der Waals surface area contributed by atoms with Crippen LogP contribution in [0.3, 0.4) is 0 Å². The maximum absolute atomic E-state index is 12.7. The van der Waals surface area contributed by atoms with Gasteiger partial charge < -0.3 is 0 Å². The van der Waals surface area contributed by atoms with E-state index in [9.17, 15) is 26.3 Å². The Labute approximate surface area is 307 Å². The Kier molecular flexibility index (Phi) is 12.3. The van der Waals surface area contributed by atoms with Crippen LogP contribution in [0.5, 0.6) is 0 Å². The summed E-state index contributed by atoms with van der Waals surface area (Å²) in [6.45, 7) is 17.6. The first kappa shape index (κ1) is 39.5. The molecule has 260 valence electrons. The van der Waals surface area contributed by atoms with Gasteiger partial charge in [-0.15, -0.1) is 11.1 Å². The van der Waals surface area contributed by atoms with Gasteiger partial charge in [0.05, 0.1) is 0 Å². The van der Waals surface area contributed by atoms with Crippen LogP contribution < -0.4 is 0 Å². The molecule has 0 aromatic heterocycles. The van der Waals surface area contributed by atoms with Crippen LogP contribution in [-0.2, 0) is 43.0 Å². The second-order valence-corrected chi connectivity index (χ2v) is 15.2. The topological polar surface area (TPSA) is 0 Å². The number of hydrogen-bond donors (Lipinski definition) is 0. The maximum atomic E-state index is 12.7. The molecule has 0 saturated carbocycles. The second kappa shape index (κ2) is 15.5. The van der Waals surface area contributed by atoms with Crippen molar-refractivity contribution < 1.29 is 50.6 Å². The normalized spacial score (nSPS) is 15.0. The van der Waals surface area contributed by atoms with Crippen molar-refractivity contribution >= 4 is 3.21 Å². The number of halogens is 6. The molecule has 50 heavy (non-hydrogen) atoms. The summed E-state index contributed by atoms with van der Waals surface area (Å²) in [6, 6.07) is 19.7. The first-order chi connectivity index (χ1) is 23.2. The Morgan fingerprint density at radius 2 is 1.26 bits per heavy atom. The molecule has 0 radical (unpaired) electrons. The van der Waals surface area contributed by atoms with Gasteiger partial charge in [-0.3, -0.25) is 6.08 Å². The van der Waals surface area contributed by atoms with Gasteiger partial charge in [0.2, 0.25) is 0 Å². The molecule has 0 saturated heterocycles. The number of hydrogen-bond acceptors (Lipinski definition) is 0. The van der Waals surface area contributed by atoms with E-state index >= 15 is 0 Å². The summed E-state index contributed by atoms with van der Waals surface area (Å²) in [5, 5.41) is 0. The molecule has 2 aliphatic carbocycles. The van der Waals surface area contributed by atoms with Gasteiger partial charge in [-0.2, -0.15) is 34.9 Å². The number of rotatable bonds is 3. The van der Waals surface area contributed by atoms with Crippen LogP contribution >= 0.6 is 0 Å². The van der Waals surface area contributed by atoms with Gasteiger partial charge in [0.25, 0.3) is 0 Å². The van der Waals surface area contributed by atoms with Gasteiger partial charge >= 0.3 is 137 Å². The number of alkyl halides is 6. The molecule has 2 aliphatic rings. The van der Waals surface area contributed by atoms with Gasteiger partial charge in [-0.25, -0.2) is 6.08 Å². The number of aryl methyl sites for hydroxylation is 4. The molecule has 0 heterocycles. The van der Waals surface area contributed by atoms with E-state index in [2.05, 4.69) is 97.9 Å². The van der Waals surface area contributed by atoms with Gasteiger partial charge in [-0.1, -0.05) is 77.0 Å². The predicted octanol–water partition coefficient (Wildman–Crippen LogP) is 12.5. The van der Waals surface area contributed by atoms with Crippen molar-refractivity contribution in [3.05, 3.63) is 152 Å². The summed E-state index contributed by atoms with van der Waals surface area (Å²) in [4.78, 5) is 0. The summed E-state index contributed by atoms with van der Waals surface area (Å²) < 4.78 is 76.7. The van der Waals surface area contributed by atoms with E-state index in [1.807, 2.05) is 0 Å². The average Bonchev–Trinajstić information content (AvgIpc) is 3.66. The summed E-state index contributed by atoms with van der Waals surface area (Å²) in [6.07, 6.45) is 1.08. The minimum absolute atomic E-state index is 0.271. The number of fused-ring (bicyclic) bond motifs is 3. The van der Waals surface area contributed by atoms with Crippen molar-refractivity contribution in [2.24, 2.45) is 11.3 Å². The zero-order chi connectivity index (χ0) is 37.2. The van der Waals surface area contributed by atoms with Crippen molar-refractivity contribution in [1.29, 1.82) is 0 Å². The van der Waals surface area contributed by atoms with Gasteiger partial charge in [0, 0.05) is 0 Å². The van der Waals surface area contributed by atoms with E-state index in [0.717, 1.165) is 54.9 Å². The van der Waals surface area contributed by atoms with Crippen molar-refractivity contribution in [3.63, 3.8) is 0 Å². The molecule has 4 aromatic rings. The molecule has 4 aromatic carbocycles. The molecule has 0 N–H and O–H groups in total. The predicted molar refractivity (Wildman–Crippen MR) is 188 cm³/mol. The monoisotopic (exact) mass is 762 g/mol. The number of benzene rings is 4. The molecule has 1 unspecified atom stereocenters. The summed E-state index contributed by atoms with van der Waals surface area (Å²) >= 11 is 0.729. The van der Waals surface area contributed by atoms with Crippen molar-refractivity contribution in [3.8, 4) is 11.1 Å². The summed E-state index contributed by atoms with van der Waals surface area (Å²) in [5.41, 5.74) is 11.7.